The molecule has 43 heavy (non-hydrogen) atoms. The number of rotatable bonds is 11. The fourth-order valence-corrected chi connectivity index (χ4v) is 5.62. The van der Waals surface area contributed by atoms with Crippen molar-refractivity contribution in [2.24, 2.45) is 22.5 Å². The Labute approximate surface area is 250 Å². The van der Waals surface area contributed by atoms with Crippen LogP contribution in [0, 0.1) is 5.92 Å². The van der Waals surface area contributed by atoms with Gasteiger partial charge in [0.1, 0.15) is 12.4 Å². The molecule has 10 nitrogen and oxygen atoms in total. The molecule has 224 valence electrons. The van der Waals surface area contributed by atoms with Crippen LogP contribution in [0.1, 0.15) is 69.6 Å². The van der Waals surface area contributed by atoms with E-state index >= 15 is 0 Å². The van der Waals surface area contributed by atoms with Gasteiger partial charge in [-0.1, -0.05) is 54.8 Å². The number of aromatic nitrogens is 1. The van der Waals surface area contributed by atoms with Gasteiger partial charge >= 0.3 is 0 Å². The highest BCUT2D eigenvalue weighted by Crippen LogP contribution is 2.36. The predicted octanol–water partition coefficient (Wildman–Crippen LogP) is 4.78. The molecule has 0 spiro atoms. The van der Waals surface area contributed by atoms with Crippen LogP contribution in [0.4, 0.5) is 0 Å². The third-order valence-electron chi connectivity index (χ3n) is 8.03. The van der Waals surface area contributed by atoms with E-state index in [9.17, 15) is 14.8 Å². The van der Waals surface area contributed by atoms with Gasteiger partial charge in [-0.25, -0.2) is 0 Å². The number of hydrogen-bond donors (Lipinski definition) is 4. The number of amides is 2. The molecule has 0 unspecified atom stereocenters. The Kier molecular flexibility index (Phi) is 9.14. The number of amidine groups is 1. The molecule has 0 radical (unpaired) electrons. The van der Waals surface area contributed by atoms with E-state index in [0.717, 1.165) is 29.7 Å². The largest absolute Gasteiger partial charge is 0.497 e. The summed E-state index contributed by atoms with van der Waals surface area (Å²) in [6, 6.07) is 19.8. The molecule has 1 aliphatic carbocycles. The van der Waals surface area contributed by atoms with Gasteiger partial charge in [0.2, 0.25) is 5.91 Å². The Hall–Kier alpha value is -4.99. The molecule has 0 atom stereocenters. The summed E-state index contributed by atoms with van der Waals surface area (Å²) < 4.78 is 13.6. The number of primary amides is 1. The maximum absolute atomic E-state index is 14.0. The van der Waals surface area contributed by atoms with Crippen molar-refractivity contribution in [3.05, 3.63) is 94.7 Å². The van der Waals surface area contributed by atoms with Crippen LogP contribution in [-0.2, 0) is 13.2 Å². The standard InChI is InChI=1S/C33H37N5O5/c1-42-26-14-9-23(10-15-26)20-43-30-27-16-13-25(31(34)37-41)17-28(27)38(19-22-7-11-24(12-8-22)32(35)39)29(30)33(40)36-18-21-5-3-2-4-6-21/h7-17,21,41H,2-6,18-20H2,1H3,(H2,34,37)(H2,35,39)(H,36,40). The van der Waals surface area contributed by atoms with Crippen LogP contribution in [0.15, 0.2) is 71.9 Å². The predicted molar refractivity (Wildman–Crippen MR) is 165 cm³/mol. The van der Waals surface area contributed by atoms with E-state index in [2.05, 4.69) is 10.5 Å². The Balaban J connectivity index is 1.59. The van der Waals surface area contributed by atoms with Gasteiger partial charge in [-0.2, -0.15) is 0 Å². The lowest BCUT2D eigenvalue weighted by molar-refractivity contribution is 0.0929. The lowest BCUT2D eigenvalue weighted by Crippen LogP contribution is -2.32. The van der Waals surface area contributed by atoms with Gasteiger partial charge in [0, 0.05) is 29.6 Å². The minimum absolute atomic E-state index is 0.0514. The highest BCUT2D eigenvalue weighted by molar-refractivity contribution is 6.07. The molecule has 6 N–H and O–H groups in total. The molecular weight excluding hydrogens is 546 g/mol. The molecule has 4 aromatic rings. The van der Waals surface area contributed by atoms with Crippen LogP contribution in [0.5, 0.6) is 11.5 Å². The van der Waals surface area contributed by atoms with E-state index in [-0.39, 0.29) is 18.3 Å². The van der Waals surface area contributed by atoms with E-state index in [1.807, 2.05) is 34.9 Å². The summed E-state index contributed by atoms with van der Waals surface area (Å²) in [6.07, 6.45) is 5.78. The highest BCUT2D eigenvalue weighted by Gasteiger charge is 2.26. The molecule has 10 heteroatoms. The van der Waals surface area contributed by atoms with Gasteiger partial charge in [-0.3, -0.25) is 9.59 Å². The first-order valence-corrected chi connectivity index (χ1v) is 14.4. The van der Waals surface area contributed by atoms with E-state index in [4.69, 9.17) is 20.9 Å². The second-order valence-electron chi connectivity index (χ2n) is 10.9. The van der Waals surface area contributed by atoms with Gasteiger partial charge in [0.15, 0.2) is 17.3 Å². The van der Waals surface area contributed by atoms with E-state index < -0.39 is 5.91 Å². The molecule has 1 saturated carbocycles. The number of methoxy groups -OCH3 is 1. The first kappa shape index (κ1) is 29.5. The van der Waals surface area contributed by atoms with Gasteiger partial charge in [0.25, 0.3) is 5.91 Å². The smallest absolute Gasteiger partial charge is 0.271 e. The van der Waals surface area contributed by atoms with E-state index in [1.54, 1.807) is 43.5 Å². The topological polar surface area (TPSA) is 154 Å². The van der Waals surface area contributed by atoms with Crippen LogP contribution in [-0.4, -0.2) is 41.1 Å². The normalized spacial score (nSPS) is 14.0. The summed E-state index contributed by atoms with van der Waals surface area (Å²) in [6.45, 7) is 1.11. The molecule has 0 saturated heterocycles. The minimum Gasteiger partial charge on any atom is -0.497 e. The number of nitrogens with zero attached hydrogens (tertiary/aromatic N) is 2. The number of hydrogen-bond acceptors (Lipinski definition) is 6. The molecule has 0 aliphatic heterocycles. The van der Waals surface area contributed by atoms with Crippen LogP contribution >= 0.6 is 0 Å². The van der Waals surface area contributed by atoms with Gasteiger partial charge in [0.05, 0.1) is 12.6 Å². The lowest BCUT2D eigenvalue weighted by atomic mass is 9.89. The zero-order valence-electron chi connectivity index (χ0n) is 24.2. The molecular formula is C33H37N5O5. The molecule has 1 heterocycles. The zero-order chi connectivity index (χ0) is 30.3. The van der Waals surface area contributed by atoms with Crippen molar-refractivity contribution in [3.8, 4) is 11.5 Å². The molecule has 3 aromatic carbocycles. The van der Waals surface area contributed by atoms with E-state index in [1.165, 1.54) is 19.3 Å². The lowest BCUT2D eigenvalue weighted by Gasteiger charge is -2.22. The summed E-state index contributed by atoms with van der Waals surface area (Å²) in [4.78, 5) is 25.7. The van der Waals surface area contributed by atoms with Crippen LogP contribution in [0.2, 0.25) is 0 Å². The number of fused-ring (bicyclic) bond motifs is 1. The first-order valence-electron chi connectivity index (χ1n) is 14.4. The van der Waals surface area contributed by atoms with Gasteiger partial charge < -0.3 is 36.0 Å². The van der Waals surface area contributed by atoms with Crippen LogP contribution in [0.3, 0.4) is 0 Å². The maximum Gasteiger partial charge on any atom is 0.271 e. The number of carbonyl (C=O) groups is 2. The van der Waals surface area contributed by atoms with Crippen molar-refractivity contribution >= 4 is 28.6 Å². The summed E-state index contributed by atoms with van der Waals surface area (Å²) in [5, 5.41) is 16.4. The molecule has 1 aromatic heterocycles. The minimum atomic E-state index is -0.515. The monoisotopic (exact) mass is 583 g/mol. The second kappa shape index (κ2) is 13.3. The molecule has 1 fully saturated rings. The number of carbonyl (C=O) groups excluding carboxylic acids is 2. The number of nitrogens with one attached hydrogen (secondary N) is 1. The van der Waals surface area contributed by atoms with Crippen molar-refractivity contribution in [1.82, 2.24) is 9.88 Å². The van der Waals surface area contributed by atoms with Crippen molar-refractivity contribution in [1.29, 1.82) is 0 Å². The number of oxime groups is 1. The first-order chi connectivity index (χ1) is 20.9. The third kappa shape index (κ3) is 6.74. The second-order valence-corrected chi connectivity index (χ2v) is 10.9. The molecule has 0 bridgehead atoms. The Morgan fingerprint density at radius 3 is 2.28 bits per heavy atom. The maximum atomic E-state index is 14.0. The van der Waals surface area contributed by atoms with Crippen LogP contribution in [0.25, 0.3) is 10.9 Å². The van der Waals surface area contributed by atoms with Crippen molar-refractivity contribution in [2.75, 3.05) is 13.7 Å². The van der Waals surface area contributed by atoms with Crippen molar-refractivity contribution in [2.45, 2.75) is 45.3 Å². The molecule has 1 aliphatic rings. The van der Waals surface area contributed by atoms with Gasteiger partial charge in [-0.15, -0.1) is 0 Å². The average molecular weight is 584 g/mol. The van der Waals surface area contributed by atoms with Crippen molar-refractivity contribution in [3.63, 3.8) is 0 Å². The number of benzene rings is 3. The Bertz CT molecular complexity index is 1620. The van der Waals surface area contributed by atoms with Crippen molar-refractivity contribution < 1.29 is 24.3 Å². The third-order valence-corrected chi connectivity index (χ3v) is 8.03. The van der Waals surface area contributed by atoms with Gasteiger partial charge in [-0.05, 0) is 66.3 Å². The van der Waals surface area contributed by atoms with Crippen LogP contribution < -0.4 is 26.3 Å². The fourth-order valence-electron chi connectivity index (χ4n) is 5.62. The molecule has 2 amide bonds. The molecule has 5 rings (SSSR count). The summed E-state index contributed by atoms with van der Waals surface area (Å²) in [7, 11) is 1.61. The Morgan fingerprint density at radius 2 is 1.63 bits per heavy atom. The zero-order valence-corrected chi connectivity index (χ0v) is 24.2. The average Bonchev–Trinajstić information content (AvgIpc) is 3.35. The fraction of sp³-hybridized carbons (Fsp3) is 0.303. The SMILES string of the molecule is COc1ccc(COc2c(C(=O)NCC3CCCCC3)n(Cc3ccc(C(N)=O)cc3)c3cc(C(N)=NO)ccc23)cc1. The summed E-state index contributed by atoms with van der Waals surface area (Å²) in [5.41, 5.74) is 15.1. The Morgan fingerprint density at radius 1 is 0.953 bits per heavy atom. The quantitative estimate of drug-likeness (QED) is 0.0862. The number of ether oxygens (including phenoxy) is 2. The summed E-state index contributed by atoms with van der Waals surface area (Å²) in [5.74, 6) is 0.800. The summed E-state index contributed by atoms with van der Waals surface area (Å²) >= 11 is 0. The highest BCUT2D eigenvalue weighted by atomic mass is 16.5. The van der Waals surface area contributed by atoms with E-state index in [0.29, 0.717) is 52.5 Å². The number of nitrogens with two attached hydrogens (primary N) is 2.